The smallest absolute Gasteiger partial charge is 0.257 e. The van der Waals surface area contributed by atoms with E-state index in [0.717, 1.165) is 25.7 Å². The van der Waals surface area contributed by atoms with Crippen molar-refractivity contribution in [3.63, 3.8) is 0 Å². The molecule has 142 valence electrons. The topological polar surface area (TPSA) is 102 Å². The first-order valence-corrected chi connectivity index (χ1v) is 10.4. The highest BCUT2D eigenvalue weighted by atomic mass is 32.2. The fourth-order valence-electron chi connectivity index (χ4n) is 3.15. The summed E-state index contributed by atoms with van der Waals surface area (Å²) in [4.78, 5) is 4.58. The molecule has 0 N–H and O–H groups in total. The molecule has 3 aromatic rings. The molecule has 0 radical (unpaired) electrons. The van der Waals surface area contributed by atoms with E-state index < -0.39 is 10.0 Å². The predicted molar refractivity (Wildman–Crippen MR) is 96.3 cm³/mol. The molecule has 0 aliphatic carbocycles. The molecule has 4 rings (SSSR count). The van der Waals surface area contributed by atoms with Gasteiger partial charge in [-0.15, -0.1) is 0 Å². The lowest BCUT2D eigenvalue weighted by molar-refractivity contribution is 0.382. The number of benzene rings is 1. The first kappa shape index (κ1) is 17.9. The molecule has 0 spiro atoms. The van der Waals surface area contributed by atoms with Crippen molar-refractivity contribution in [2.75, 3.05) is 13.1 Å². The Morgan fingerprint density at radius 1 is 1.04 bits per heavy atom. The minimum absolute atomic E-state index is 0.247. The Morgan fingerprint density at radius 3 is 2.59 bits per heavy atom. The highest BCUT2D eigenvalue weighted by molar-refractivity contribution is 7.89. The number of rotatable bonds is 5. The Kier molecular flexibility index (Phi) is 5.04. The largest absolute Gasteiger partial charge is 0.361 e. The second-order valence-corrected chi connectivity index (χ2v) is 8.46. The summed E-state index contributed by atoms with van der Waals surface area (Å²) >= 11 is 0. The van der Waals surface area contributed by atoms with Crippen LogP contribution >= 0.6 is 0 Å². The second kappa shape index (κ2) is 7.61. The molecule has 1 fully saturated rings. The Hall–Kier alpha value is -2.52. The van der Waals surface area contributed by atoms with Crippen LogP contribution < -0.4 is 0 Å². The molecule has 27 heavy (non-hydrogen) atoms. The summed E-state index contributed by atoms with van der Waals surface area (Å²) in [7, 11) is -3.53. The maximum Gasteiger partial charge on any atom is 0.257 e. The SMILES string of the molecule is O=S(=O)(c1cccc(-c2nc(Cc3ccno3)no2)c1)N1CCCCCC1. The maximum atomic E-state index is 13.0. The van der Waals surface area contributed by atoms with Crippen molar-refractivity contribution < 1.29 is 17.5 Å². The minimum Gasteiger partial charge on any atom is -0.361 e. The first-order valence-electron chi connectivity index (χ1n) is 8.96. The lowest BCUT2D eigenvalue weighted by Crippen LogP contribution is -2.31. The van der Waals surface area contributed by atoms with Crippen LogP contribution in [0.1, 0.15) is 37.3 Å². The van der Waals surface area contributed by atoms with Gasteiger partial charge >= 0.3 is 0 Å². The zero-order valence-corrected chi connectivity index (χ0v) is 15.6. The Labute approximate surface area is 157 Å². The van der Waals surface area contributed by atoms with Gasteiger partial charge in [0.15, 0.2) is 5.82 Å². The summed E-state index contributed by atoms with van der Waals surface area (Å²) in [6.45, 7) is 1.13. The molecule has 9 heteroatoms. The molecule has 1 saturated heterocycles. The third-order valence-corrected chi connectivity index (χ3v) is 6.47. The molecule has 1 aromatic carbocycles. The van der Waals surface area contributed by atoms with Gasteiger partial charge in [0.25, 0.3) is 5.89 Å². The van der Waals surface area contributed by atoms with Crippen molar-refractivity contribution >= 4 is 10.0 Å². The van der Waals surface area contributed by atoms with Gasteiger partial charge in [-0.05, 0) is 31.0 Å². The summed E-state index contributed by atoms with van der Waals surface area (Å²) in [5.74, 6) is 1.35. The van der Waals surface area contributed by atoms with Gasteiger partial charge in [-0.1, -0.05) is 29.2 Å². The Bertz CT molecular complexity index is 990. The quantitative estimate of drug-likeness (QED) is 0.662. The normalized spacial score (nSPS) is 16.3. The molecule has 2 aromatic heterocycles. The zero-order chi connectivity index (χ0) is 18.7. The van der Waals surface area contributed by atoms with E-state index in [1.165, 1.54) is 0 Å². The van der Waals surface area contributed by atoms with Crippen molar-refractivity contribution in [3.05, 3.63) is 48.1 Å². The summed E-state index contributed by atoms with van der Waals surface area (Å²) < 4.78 is 37.9. The molecule has 0 amide bonds. The minimum atomic E-state index is -3.53. The maximum absolute atomic E-state index is 13.0. The van der Waals surface area contributed by atoms with Gasteiger partial charge in [-0.2, -0.15) is 9.29 Å². The summed E-state index contributed by atoms with van der Waals surface area (Å²) in [5, 5.41) is 7.57. The fourth-order valence-corrected chi connectivity index (χ4v) is 4.72. The highest BCUT2D eigenvalue weighted by Gasteiger charge is 2.25. The number of aromatic nitrogens is 3. The molecular formula is C18H20N4O4S. The van der Waals surface area contributed by atoms with E-state index >= 15 is 0 Å². The summed E-state index contributed by atoms with van der Waals surface area (Å²) in [6, 6.07) is 8.37. The van der Waals surface area contributed by atoms with E-state index in [2.05, 4.69) is 15.3 Å². The van der Waals surface area contributed by atoms with E-state index in [-0.39, 0.29) is 10.8 Å². The Morgan fingerprint density at radius 2 is 1.85 bits per heavy atom. The van der Waals surface area contributed by atoms with Crippen LogP contribution in [0.25, 0.3) is 11.5 Å². The molecule has 8 nitrogen and oxygen atoms in total. The van der Waals surface area contributed by atoms with Crippen LogP contribution in [0, 0.1) is 0 Å². The van der Waals surface area contributed by atoms with E-state index in [0.29, 0.717) is 36.7 Å². The third kappa shape index (κ3) is 3.93. The second-order valence-electron chi connectivity index (χ2n) is 6.52. The zero-order valence-electron chi connectivity index (χ0n) is 14.7. The van der Waals surface area contributed by atoms with Crippen LogP contribution in [0.3, 0.4) is 0 Å². The van der Waals surface area contributed by atoms with Gasteiger partial charge in [0.05, 0.1) is 17.5 Å². The van der Waals surface area contributed by atoms with Crippen LogP contribution in [0.2, 0.25) is 0 Å². The monoisotopic (exact) mass is 388 g/mol. The molecule has 3 heterocycles. The summed E-state index contributed by atoms with van der Waals surface area (Å²) in [5.41, 5.74) is 0.571. The lowest BCUT2D eigenvalue weighted by atomic mass is 10.2. The third-order valence-electron chi connectivity index (χ3n) is 4.58. The van der Waals surface area contributed by atoms with Crippen molar-refractivity contribution in [1.82, 2.24) is 19.6 Å². The molecule has 0 saturated carbocycles. The molecular weight excluding hydrogens is 368 g/mol. The van der Waals surface area contributed by atoms with E-state index in [1.807, 2.05) is 0 Å². The number of hydrogen-bond donors (Lipinski definition) is 0. The fraction of sp³-hybridized carbons (Fsp3) is 0.389. The van der Waals surface area contributed by atoms with Crippen LogP contribution in [0.5, 0.6) is 0 Å². The Balaban J connectivity index is 1.58. The molecule has 1 aliphatic heterocycles. The van der Waals surface area contributed by atoms with Crippen LogP contribution in [-0.4, -0.2) is 41.1 Å². The predicted octanol–water partition coefficient (Wildman–Crippen LogP) is 2.88. The van der Waals surface area contributed by atoms with E-state index in [4.69, 9.17) is 9.05 Å². The summed E-state index contributed by atoms with van der Waals surface area (Å²) in [6.07, 6.45) is 5.84. The average molecular weight is 388 g/mol. The van der Waals surface area contributed by atoms with Crippen LogP contribution in [-0.2, 0) is 16.4 Å². The molecule has 1 aliphatic rings. The van der Waals surface area contributed by atoms with Gasteiger partial charge in [-0.25, -0.2) is 8.42 Å². The molecule has 0 bridgehead atoms. The lowest BCUT2D eigenvalue weighted by Gasteiger charge is -2.20. The van der Waals surface area contributed by atoms with Crippen LogP contribution in [0.4, 0.5) is 0 Å². The van der Waals surface area contributed by atoms with Crippen molar-refractivity contribution in [2.45, 2.75) is 37.0 Å². The van der Waals surface area contributed by atoms with Gasteiger partial charge in [0.1, 0.15) is 5.76 Å². The number of sulfonamides is 1. The molecule has 0 unspecified atom stereocenters. The van der Waals surface area contributed by atoms with E-state index in [9.17, 15) is 8.42 Å². The van der Waals surface area contributed by atoms with Gasteiger partial charge in [0, 0.05) is 24.7 Å². The van der Waals surface area contributed by atoms with Crippen LogP contribution in [0.15, 0.2) is 50.5 Å². The van der Waals surface area contributed by atoms with E-state index in [1.54, 1.807) is 40.8 Å². The molecule has 0 atom stereocenters. The first-order chi connectivity index (χ1) is 13.1. The number of nitrogens with zero attached hydrogens (tertiary/aromatic N) is 4. The van der Waals surface area contributed by atoms with Crippen molar-refractivity contribution in [3.8, 4) is 11.5 Å². The van der Waals surface area contributed by atoms with Crippen molar-refractivity contribution in [2.24, 2.45) is 0 Å². The van der Waals surface area contributed by atoms with Gasteiger partial charge < -0.3 is 9.05 Å². The standard InChI is InChI=1S/C18H20N4O4S/c23-27(24,22-10-3-1-2-4-11-22)16-7-5-6-14(12-16)18-20-17(21-26-18)13-15-8-9-19-25-15/h5-9,12H,1-4,10-11,13H2. The highest BCUT2D eigenvalue weighted by Crippen LogP contribution is 2.25. The number of hydrogen-bond acceptors (Lipinski definition) is 7. The van der Waals surface area contributed by atoms with Crippen molar-refractivity contribution in [1.29, 1.82) is 0 Å². The van der Waals surface area contributed by atoms with Gasteiger partial charge in [0.2, 0.25) is 10.0 Å². The average Bonchev–Trinajstić information content (AvgIpc) is 3.28. The van der Waals surface area contributed by atoms with Gasteiger partial charge in [-0.3, -0.25) is 0 Å².